The van der Waals surface area contributed by atoms with E-state index >= 15 is 0 Å². The molecule has 0 aromatic heterocycles. The Balaban J connectivity index is 2.25. The number of nitrogens with zero attached hydrogens (tertiary/aromatic N) is 1. The highest BCUT2D eigenvalue weighted by Crippen LogP contribution is 2.29. The minimum atomic E-state index is -3.41. The summed E-state index contributed by atoms with van der Waals surface area (Å²) >= 11 is 0. The average molecular weight is 268 g/mol. The molecule has 0 spiro atoms. The Hall–Kier alpha value is -1.07. The van der Waals surface area contributed by atoms with Crippen LogP contribution in [0.25, 0.3) is 0 Å². The largest absolute Gasteiger partial charge is 0.399 e. The molecule has 2 rings (SSSR count). The lowest BCUT2D eigenvalue weighted by atomic mass is 9.86. The molecule has 100 valence electrons. The molecule has 1 saturated carbocycles. The van der Waals surface area contributed by atoms with E-state index in [1.807, 2.05) is 0 Å². The van der Waals surface area contributed by atoms with Gasteiger partial charge in [0, 0.05) is 19.3 Å². The van der Waals surface area contributed by atoms with Crippen LogP contribution >= 0.6 is 0 Å². The van der Waals surface area contributed by atoms with E-state index in [0.29, 0.717) is 23.0 Å². The van der Waals surface area contributed by atoms with Gasteiger partial charge in [0.05, 0.1) is 4.90 Å². The van der Waals surface area contributed by atoms with Gasteiger partial charge in [0.1, 0.15) is 0 Å². The summed E-state index contributed by atoms with van der Waals surface area (Å²) < 4.78 is 26.4. The van der Waals surface area contributed by atoms with Crippen LogP contribution in [0, 0.1) is 12.8 Å². The van der Waals surface area contributed by atoms with Gasteiger partial charge in [0.2, 0.25) is 10.0 Å². The highest BCUT2D eigenvalue weighted by molar-refractivity contribution is 7.89. The molecule has 0 radical (unpaired) electrons. The van der Waals surface area contributed by atoms with Crippen molar-refractivity contribution in [1.29, 1.82) is 0 Å². The van der Waals surface area contributed by atoms with Gasteiger partial charge < -0.3 is 5.73 Å². The molecule has 5 heteroatoms. The lowest BCUT2D eigenvalue weighted by Crippen LogP contribution is -2.34. The Morgan fingerprint density at radius 3 is 2.61 bits per heavy atom. The fourth-order valence-electron chi connectivity index (χ4n) is 2.20. The molecule has 18 heavy (non-hydrogen) atoms. The highest BCUT2D eigenvalue weighted by atomic mass is 32.2. The van der Waals surface area contributed by atoms with Crippen molar-refractivity contribution in [1.82, 2.24) is 4.31 Å². The number of hydrogen-bond donors (Lipinski definition) is 1. The minimum Gasteiger partial charge on any atom is -0.399 e. The zero-order chi connectivity index (χ0) is 13.3. The standard InChI is InChI=1S/C13H20N2O2S/c1-10-6-7-12(14)8-13(10)18(16,17)15(2)9-11-4-3-5-11/h6-8,11H,3-5,9,14H2,1-2H3. The number of nitrogens with two attached hydrogens (primary N) is 1. The average Bonchev–Trinajstić information content (AvgIpc) is 2.26. The summed E-state index contributed by atoms with van der Waals surface area (Å²) in [5, 5.41) is 0. The quantitative estimate of drug-likeness (QED) is 0.849. The Bertz CT molecular complexity index is 536. The molecule has 2 N–H and O–H groups in total. The lowest BCUT2D eigenvalue weighted by Gasteiger charge is -2.30. The van der Waals surface area contributed by atoms with Crippen molar-refractivity contribution >= 4 is 15.7 Å². The Morgan fingerprint density at radius 1 is 1.39 bits per heavy atom. The number of nitrogen functional groups attached to an aromatic ring is 1. The van der Waals surface area contributed by atoms with E-state index in [9.17, 15) is 8.42 Å². The molecule has 1 aliphatic rings. The number of hydrogen-bond acceptors (Lipinski definition) is 3. The van der Waals surface area contributed by atoms with Crippen LogP contribution in [0.2, 0.25) is 0 Å². The van der Waals surface area contributed by atoms with E-state index in [4.69, 9.17) is 5.73 Å². The highest BCUT2D eigenvalue weighted by Gasteiger charge is 2.27. The summed E-state index contributed by atoms with van der Waals surface area (Å²) in [4.78, 5) is 0.323. The van der Waals surface area contributed by atoms with E-state index in [2.05, 4.69) is 0 Å². The molecule has 1 aromatic rings. The summed E-state index contributed by atoms with van der Waals surface area (Å²) in [7, 11) is -1.76. The number of rotatable bonds is 4. The smallest absolute Gasteiger partial charge is 0.243 e. The van der Waals surface area contributed by atoms with Crippen LogP contribution in [-0.2, 0) is 10.0 Å². The van der Waals surface area contributed by atoms with Gasteiger partial charge in [0.25, 0.3) is 0 Å². The fraction of sp³-hybridized carbons (Fsp3) is 0.538. The molecule has 0 atom stereocenters. The topological polar surface area (TPSA) is 63.4 Å². The molecule has 0 saturated heterocycles. The van der Waals surface area contributed by atoms with Gasteiger partial charge in [-0.25, -0.2) is 12.7 Å². The molecule has 0 heterocycles. The summed E-state index contributed by atoms with van der Waals surface area (Å²) in [5.74, 6) is 0.520. The summed E-state index contributed by atoms with van der Waals surface area (Å²) in [6, 6.07) is 5.02. The van der Waals surface area contributed by atoms with E-state index in [0.717, 1.165) is 18.4 Å². The zero-order valence-electron chi connectivity index (χ0n) is 10.9. The maximum Gasteiger partial charge on any atom is 0.243 e. The van der Waals surface area contributed by atoms with Gasteiger partial charge in [-0.1, -0.05) is 12.5 Å². The van der Waals surface area contributed by atoms with Crippen LogP contribution in [0.5, 0.6) is 0 Å². The van der Waals surface area contributed by atoms with Gasteiger partial charge in [-0.15, -0.1) is 0 Å². The number of benzene rings is 1. The third-order valence-electron chi connectivity index (χ3n) is 3.64. The van der Waals surface area contributed by atoms with Crippen molar-refractivity contribution < 1.29 is 8.42 Å². The van der Waals surface area contributed by atoms with Crippen molar-refractivity contribution in [3.05, 3.63) is 23.8 Å². The van der Waals surface area contributed by atoms with E-state index < -0.39 is 10.0 Å². The third-order valence-corrected chi connectivity index (χ3v) is 5.61. The Labute approximate surface area is 109 Å². The molecular weight excluding hydrogens is 248 g/mol. The molecular formula is C13H20N2O2S. The van der Waals surface area contributed by atoms with Crippen molar-refractivity contribution in [2.45, 2.75) is 31.1 Å². The second-order valence-electron chi connectivity index (χ2n) is 5.11. The molecule has 0 amide bonds. The van der Waals surface area contributed by atoms with Crippen LogP contribution in [0.4, 0.5) is 5.69 Å². The molecule has 1 aliphatic carbocycles. The normalized spacial score (nSPS) is 16.8. The monoisotopic (exact) mass is 268 g/mol. The summed E-state index contributed by atoms with van der Waals surface area (Å²) in [5.41, 5.74) is 6.90. The molecule has 0 aliphatic heterocycles. The second-order valence-corrected chi connectivity index (χ2v) is 7.12. The van der Waals surface area contributed by atoms with Crippen molar-refractivity contribution in [3.63, 3.8) is 0 Å². The SMILES string of the molecule is Cc1ccc(N)cc1S(=O)(=O)N(C)CC1CCC1. The maximum absolute atomic E-state index is 12.5. The summed E-state index contributed by atoms with van der Waals surface area (Å²) in [6.45, 7) is 2.40. The van der Waals surface area contributed by atoms with Gasteiger partial charge >= 0.3 is 0 Å². The molecule has 4 nitrogen and oxygen atoms in total. The Kier molecular flexibility index (Phi) is 3.64. The third kappa shape index (κ3) is 2.52. The number of anilines is 1. The Morgan fingerprint density at radius 2 is 2.06 bits per heavy atom. The van der Waals surface area contributed by atoms with Gasteiger partial charge in [0.15, 0.2) is 0 Å². The van der Waals surface area contributed by atoms with E-state index in [1.165, 1.54) is 10.7 Å². The lowest BCUT2D eigenvalue weighted by molar-refractivity contribution is 0.263. The molecule has 1 aromatic carbocycles. The van der Waals surface area contributed by atoms with Crippen LogP contribution in [-0.4, -0.2) is 26.3 Å². The predicted molar refractivity (Wildman–Crippen MR) is 72.7 cm³/mol. The second kappa shape index (κ2) is 4.90. The van der Waals surface area contributed by atoms with Crippen LogP contribution in [0.3, 0.4) is 0 Å². The van der Waals surface area contributed by atoms with Crippen LogP contribution < -0.4 is 5.73 Å². The zero-order valence-corrected chi connectivity index (χ0v) is 11.7. The molecule has 0 bridgehead atoms. The minimum absolute atomic E-state index is 0.323. The molecule has 0 unspecified atom stereocenters. The maximum atomic E-state index is 12.5. The van der Waals surface area contributed by atoms with Crippen molar-refractivity contribution in [3.8, 4) is 0 Å². The van der Waals surface area contributed by atoms with Gasteiger partial charge in [-0.3, -0.25) is 0 Å². The first-order valence-electron chi connectivity index (χ1n) is 6.23. The number of aryl methyl sites for hydroxylation is 1. The summed E-state index contributed by atoms with van der Waals surface area (Å²) in [6.07, 6.45) is 3.49. The van der Waals surface area contributed by atoms with Crippen LogP contribution in [0.1, 0.15) is 24.8 Å². The first kappa shape index (κ1) is 13.4. The van der Waals surface area contributed by atoms with Crippen molar-refractivity contribution in [2.75, 3.05) is 19.3 Å². The first-order valence-corrected chi connectivity index (χ1v) is 7.67. The van der Waals surface area contributed by atoms with Gasteiger partial charge in [-0.05, 0) is 43.4 Å². The van der Waals surface area contributed by atoms with Crippen molar-refractivity contribution in [2.24, 2.45) is 5.92 Å². The van der Waals surface area contributed by atoms with Gasteiger partial charge in [-0.2, -0.15) is 0 Å². The first-order chi connectivity index (χ1) is 8.41. The van der Waals surface area contributed by atoms with E-state index in [-0.39, 0.29) is 0 Å². The molecule has 1 fully saturated rings. The predicted octanol–water partition coefficient (Wildman–Crippen LogP) is 2.00. The van der Waals surface area contributed by atoms with E-state index in [1.54, 1.807) is 32.2 Å². The fourth-order valence-corrected chi connectivity index (χ4v) is 3.70. The van der Waals surface area contributed by atoms with Crippen LogP contribution in [0.15, 0.2) is 23.1 Å². The number of sulfonamides is 1.